The highest BCUT2D eigenvalue weighted by Gasteiger charge is 2.19. The maximum Gasteiger partial charge on any atom is 0.241 e. The van der Waals surface area contributed by atoms with Crippen LogP contribution in [0.5, 0.6) is 0 Å². The predicted molar refractivity (Wildman–Crippen MR) is 81.2 cm³/mol. The molecule has 108 valence electrons. The highest BCUT2D eigenvalue weighted by atomic mass is 32.2. The van der Waals surface area contributed by atoms with Gasteiger partial charge in [-0.15, -0.1) is 11.3 Å². The summed E-state index contributed by atoms with van der Waals surface area (Å²) in [6.45, 7) is 5.69. The third-order valence-corrected chi connectivity index (χ3v) is 5.31. The first-order valence-electron chi connectivity index (χ1n) is 6.07. The molecule has 5 nitrogen and oxygen atoms in total. The zero-order valence-electron chi connectivity index (χ0n) is 11.6. The smallest absolute Gasteiger partial charge is 0.241 e. The van der Waals surface area contributed by atoms with Crippen LogP contribution in [0.1, 0.15) is 22.4 Å². The zero-order chi connectivity index (χ0) is 14.9. The number of sulfonamides is 1. The molecule has 2 aromatic rings. The Labute approximate surface area is 122 Å². The van der Waals surface area contributed by atoms with Crippen LogP contribution in [-0.2, 0) is 16.6 Å². The van der Waals surface area contributed by atoms with E-state index in [2.05, 4.69) is 9.71 Å². The van der Waals surface area contributed by atoms with Gasteiger partial charge in [-0.2, -0.15) is 0 Å². The molecule has 0 amide bonds. The second-order valence-corrected chi connectivity index (χ2v) is 7.32. The summed E-state index contributed by atoms with van der Waals surface area (Å²) in [7, 11) is -3.55. The van der Waals surface area contributed by atoms with Gasteiger partial charge in [0.05, 0.1) is 17.1 Å². The number of nitrogens with two attached hydrogens (primary N) is 1. The van der Waals surface area contributed by atoms with Crippen LogP contribution in [0.3, 0.4) is 0 Å². The fraction of sp³-hybridized carbons (Fsp3) is 0.308. The molecule has 1 aromatic heterocycles. The molecular formula is C13H17N3O2S2. The molecule has 3 N–H and O–H groups in total. The van der Waals surface area contributed by atoms with E-state index in [1.54, 1.807) is 19.2 Å². The number of nitrogens with zero attached hydrogens (tertiary/aromatic N) is 1. The minimum Gasteiger partial charge on any atom is -0.375 e. The summed E-state index contributed by atoms with van der Waals surface area (Å²) in [5, 5.41) is 2.18. The van der Waals surface area contributed by atoms with Crippen molar-refractivity contribution in [2.45, 2.75) is 32.2 Å². The highest BCUT2D eigenvalue weighted by Crippen LogP contribution is 2.22. The van der Waals surface area contributed by atoms with Crippen molar-refractivity contribution in [2.24, 2.45) is 0 Å². The molecule has 1 aromatic carbocycles. The van der Waals surface area contributed by atoms with E-state index in [9.17, 15) is 8.42 Å². The molecule has 7 heteroatoms. The Kier molecular flexibility index (Phi) is 4.12. The van der Waals surface area contributed by atoms with Crippen molar-refractivity contribution in [1.29, 1.82) is 0 Å². The van der Waals surface area contributed by atoms with Crippen LogP contribution >= 0.6 is 11.3 Å². The molecule has 0 radical (unpaired) electrons. The summed E-state index contributed by atoms with van der Waals surface area (Å²) < 4.78 is 27.4. The third kappa shape index (κ3) is 3.17. The number of nitrogen functional groups attached to an aromatic ring is 1. The summed E-state index contributed by atoms with van der Waals surface area (Å²) in [4.78, 5) is 4.37. The first-order valence-corrected chi connectivity index (χ1v) is 8.43. The van der Waals surface area contributed by atoms with E-state index in [0.29, 0.717) is 15.7 Å². The van der Waals surface area contributed by atoms with Gasteiger partial charge in [-0.05, 0) is 31.9 Å². The molecule has 0 spiro atoms. The van der Waals surface area contributed by atoms with E-state index in [1.165, 1.54) is 11.3 Å². The second kappa shape index (κ2) is 5.51. The number of thiazole rings is 1. The van der Waals surface area contributed by atoms with E-state index in [4.69, 9.17) is 5.73 Å². The van der Waals surface area contributed by atoms with Crippen LogP contribution in [0.25, 0.3) is 0 Å². The molecule has 0 unspecified atom stereocenters. The highest BCUT2D eigenvalue weighted by molar-refractivity contribution is 7.89. The van der Waals surface area contributed by atoms with Gasteiger partial charge >= 0.3 is 0 Å². The Morgan fingerprint density at radius 1 is 1.25 bits per heavy atom. The van der Waals surface area contributed by atoms with Crippen molar-refractivity contribution >= 4 is 26.5 Å². The van der Waals surface area contributed by atoms with Gasteiger partial charge in [-0.1, -0.05) is 17.7 Å². The van der Waals surface area contributed by atoms with Crippen molar-refractivity contribution in [2.75, 3.05) is 5.73 Å². The van der Waals surface area contributed by atoms with Crippen LogP contribution in [0.2, 0.25) is 0 Å². The monoisotopic (exact) mass is 311 g/mol. The molecule has 0 saturated heterocycles. The van der Waals surface area contributed by atoms with E-state index in [-0.39, 0.29) is 6.54 Å². The van der Waals surface area contributed by atoms with Gasteiger partial charge in [0.15, 0.2) is 5.13 Å². The molecule has 0 aliphatic carbocycles. The number of aromatic nitrogens is 1. The maximum absolute atomic E-state index is 12.4. The summed E-state index contributed by atoms with van der Waals surface area (Å²) in [6, 6.07) is 3.73. The molecule has 1 heterocycles. The summed E-state index contributed by atoms with van der Waals surface area (Å²) >= 11 is 1.29. The average Bonchev–Trinajstić information content (AvgIpc) is 2.71. The van der Waals surface area contributed by atoms with E-state index < -0.39 is 10.0 Å². The number of hydrogen-bond donors (Lipinski definition) is 2. The third-order valence-electron chi connectivity index (χ3n) is 2.89. The second-order valence-electron chi connectivity index (χ2n) is 4.73. The standard InChI is InChI=1S/C13H17N3O2S2/c1-8-4-9(2)12(10(3)5-8)20(17,18)15-6-11-7-19-13(14)16-11/h4-5,7,15H,6H2,1-3H3,(H2,14,16). The fourth-order valence-electron chi connectivity index (χ4n) is 2.24. The lowest BCUT2D eigenvalue weighted by Gasteiger charge is -2.12. The van der Waals surface area contributed by atoms with Gasteiger partial charge in [0.25, 0.3) is 0 Å². The largest absolute Gasteiger partial charge is 0.375 e. The maximum atomic E-state index is 12.4. The van der Waals surface area contributed by atoms with Gasteiger partial charge in [0.1, 0.15) is 0 Å². The number of hydrogen-bond acceptors (Lipinski definition) is 5. The van der Waals surface area contributed by atoms with Crippen molar-refractivity contribution in [3.8, 4) is 0 Å². The molecular weight excluding hydrogens is 294 g/mol. The number of aryl methyl sites for hydroxylation is 3. The van der Waals surface area contributed by atoms with Crippen LogP contribution in [0.15, 0.2) is 22.4 Å². The Balaban J connectivity index is 2.27. The van der Waals surface area contributed by atoms with Crippen molar-refractivity contribution in [3.63, 3.8) is 0 Å². The van der Waals surface area contributed by atoms with Crippen LogP contribution in [0, 0.1) is 20.8 Å². The van der Waals surface area contributed by atoms with Gasteiger partial charge in [-0.3, -0.25) is 0 Å². The van der Waals surface area contributed by atoms with Crippen LogP contribution in [0.4, 0.5) is 5.13 Å². The zero-order valence-corrected chi connectivity index (χ0v) is 13.2. The molecule has 0 saturated carbocycles. The van der Waals surface area contributed by atoms with Crippen LogP contribution in [-0.4, -0.2) is 13.4 Å². The lowest BCUT2D eigenvalue weighted by molar-refractivity contribution is 0.579. The Bertz CT molecular complexity index is 713. The van der Waals surface area contributed by atoms with E-state index in [1.807, 2.05) is 19.1 Å². The molecule has 20 heavy (non-hydrogen) atoms. The summed E-state index contributed by atoms with van der Waals surface area (Å²) in [5.74, 6) is 0. The Hall–Kier alpha value is -1.44. The lowest BCUT2D eigenvalue weighted by atomic mass is 10.1. The predicted octanol–water partition coefficient (Wildman–Crippen LogP) is 2.13. The Morgan fingerprint density at radius 2 is 1.85 bits per heavy atom. The minimum absolute atomic E-state index is 0.142. The summed E-state index contributed by atoms with van der Waals surface area (Å²) in [5.41, 5.74) is 8.68. The first-order chi connectivity index (χ1) is 9.29. The average molecular weight is 311 g/mol. The van der Waals surface area contributed by atoms with Gasteiger partial charge in [0, 0.05) is 5.38 Å². The molecule has 0 aliphatic rings. The van der Waals surface area contributed by atoms with Crippen molar-refractivity contribution in [1.82, 2.24) is 9.71 Å². The summed E-state index contributed by atoms with van der Waals surface area (Å²) in [6.07, 6.45) is 0. The number of benzene rings is 1. The number of rotatable bonds is 4. The number of anilines is 1. The first kappa shape index (κ1) is 15.0. The van der Waals surface area contributed by atoms with Gasteiger partial charge < -0.3 is 5.73 Å². The molecule has 0 aliphatic heterocycles. The van der Waals surface area contributed by atoms with Gasteiger partial charge in [0.2, 0.25) is 10.0 Å². The van der Waals surface area contributed by atoms with Crippen LogP contribution < -0.4 is 10.5 Å². The van der Waals surface area contributed by atoms with E-state index in [0.717, 1.165) is 16.7 Å². The van der Waals surface area contributed by atoms with E-state index >= 15 is 0 Å². The fourth-order valence-corrected chi connectivity index (χ4v) is 4.25. The molecule has 2 rings (SSSR count). The quantitative estimate of drug-likeness (QED) is 0.906. The topological polar surface area (TPSA) is 85.1 Å². The minimum atomic E-state index is -3.55. The van der Waals surface area contributed by atoms with Crippen molar-refractivity contribution in [3.05, 3.63) is 39.9 Å². The van der Waals surface area contributed by atoms with Gasteiger partial charge in [-0.25, -0.2) is 18.1 Å². The SMILES string of the molecule is Cc1cc(C)c(S(=O)(=O)NCc2csc(N)n2)c(C)c1. The molecule has 0 bridgehead atoms. The number of nitrogens with one attached hydrogen (secondary N) is 1. The Morgan fingerprint density at radius 3 is 2.35 bits per heavy atom. The van der Waals surface area contributed by atoms with Crippen molar-refractivity contribution < 1.29 is 8.42 Å². The lowest BCUT2D eigenvalue weighted by Crippen LogP contribution is -2.25. The molecule has 0 atom stereocenters. The normalized spacial score (nSPS) is 11.8. The molecule has 0 fully saturated rings.